The largest absolute Gasteiger partial charge is 0.465 e. The number of hydrogen-bond acceptors (Lipinski definition) is 3. The van der Waals surface area contributed by atoms with E-state index >= 15 is 0 Å². The van der Waals surface area contributed by atoms with Gasteiger partial charge in [0, 0.05) is 6.54 Å². The monoisotopic (exact) mass is 387 g/mol. The van der Waals surface area contributed by atoms with Crippen molar-refractivity contribution in [2.24, 2.45) is 0 Å². The molecule has 1 atom stereocenters. The van der Waals surface area contributed by atoms with Crippen molar-refractivity contribution in [1.29, 1.82) is 0 Å². The van der Waals surface area contributed by atoms with E-state index in [1.54, 1.807) is 29.2 Å². The Hall–Kier alpha value is -3.40. The SMILES string of the molecule is COC(=O)c1ccccc1C(=O)N(Cc1ccccc1C)[C@@H](C)c1ccccc1. The van der Waals surface area contributed by atoms with Gasteiger partial charge in [0.1, 0.15) is 0 Å². The van der Waals surface area contributed by atoms with E-state index in [0.717, 1.165) is 16.7 Å². The molecule has 0 bridgehead atoms. The number of amides is 1. The molecule has 0 aliphatic carbocycles. The van der Waals surface area contributed by atoms with E-state index in [-0.39, 0.29) is 17.5 Å². The normalized spacial score (nSPS) is 11.6. The molecule has 29 heavy (non-hydrogen) atoms. The Bertz CT molecular complexity index is 998. The summed E-state index contributed by atoms with van der Waals surface area (Å²) in [6.07, 6.45) is 0. The molecule has 0 N–H and O–H groups in total. The van der Waals surface area contributed by atoms with E-state index in [1.165, 1.54) is 7.11 Å². The number of ether oxygens (including phenoxy) is 1. The van der Waals surface area contributed by atoms with Crippen molar-refractivity contribution in [1.82, 2.24) is 4.90 Å². The quantitative estimate of drug-likeness (QED) is 0.547. The number of carbonyl (C=O) groups excluding carboxylic acids is 2. The molecule has 148 valence electrons. The van der Waals surface area contributed by atoms with Crippen molar-refractivity contribution in [2.45, 2.75) is 26.4 Å². The lowest BCUT2D eigenvalue weighted by Gasteiger charge is -2.31. The first-order valence-electron chi connectivity index (χ1n) is 9.60. The second kappa shape index (κ2) is 9.20. The second-order valence-electron chi connectivity index (χ2n) is 6.98. The molecule has 0 unspecified atom stereocenters. The fourth-order valence-corrected chi connectivity index (χ4v) is 3.38. The zero-order chi connectivity index (χ0) is 20.8. The molecular weight excluding hydrogens is 362 g/mol. The first-order chi connectivity index (χ1) is 14.0. The third kappa shape index (κ3) is 4.54. The summed E-state index contributed by atoms with van der Waals surface area (Å²) >= 11 is 0. The molecular formula is C25H25NO3. The highest BCUT2D eigenvalue weighted by molar-refractivity contribution is 6.05. The zero-order valence-corrected chi connectivity index (χ0v) is 17.0. The van der Waals surface area contributed by atoms with Crippen molar-refractivity contribution in [3.05, 3.63) is 107 Å². The maximum atomic E-state index is 13.6. The van der Waals surface area contributed by atoms with Gasteiger partial charge in [-0.15, -0.1) is 0 Å². The number of rotatable bonds is 6. The van der Waals surface area contributed by atoms with Gasteiger partial charge in [-0.05, 0) is 42.7 Å². The maximum absolute atomic E-state index is 13.6. The Balaban J connectivity index is 2.04. The summed E-state index contributed by atoms with van der Waals surface area (Å²) in [5, 5.41) is 0. The average molecular weight is 387 g/mol. The molecule has 0 aliphatic rings. The van der Waals surface area contributed by atoms with Crippen molar-refractivity contribution >= 4 is 11.9 Å². The summed E-state index contributed by atoms with van der Waals surface area (Å²) in [5.74, 6) is -0.720. The first kappa shape index (κ1) is 20.3. The van der Waals surface area contributed by atoms with Gasteiger partial charge in [0.15, 0.2) is 0 Å². The van der Waals surface area contributed by atoms with Gasteiger partial charge in [-0.25, -0.2) is 4.79 Å². The van der Waals surface area contributed by atoms with Crippen molar-refractivity contribution in [2.75, 3.05) is 7.11 Å². The van der Waals surface area contributed by atoms with Gasteiger partial charge in [-0.2, -0.15) is 0 Å². The van der Waals surface area contributed by atoms with Gasteiger partial charge in [0.2, 0.25) is 0 Å². The number of methoxy groups -OCH3 is 1. The molecule has 0 saturated heterocycles. The lowest BCUT2D eigenvalue weighted by molar-refractivity contribution is 0.0581. The second-order valence-corrected chi connectivity index (χ2v) is 6.98. The Morgan fingerprint density at radius 3 is 2.10 bits per heavy atom. The standard InChI is InChI=1S/C25H25NO3/c1-18-11-7-8-14-21(18)17-26(19(2)20-12-5-4-6-13-20)24(27)22-15-9-10-16-23(22)25(28)29-3/h4-16,19H,17H2,1-3H3/t19-/m0/s1. The summed E-state index contributed by atoms with van der Waals surface area (Å²) in [4.78, 5) is 27.7. The highest BCUT2D eigenvalue weighted by Gasteiger charge is 2.27. The Morgan fingerprint density at radius 2 is 1.45 bits per heavy atom. The molecule has 4 heteroatoms. The molecule has 0 spiro atoms. The minimum absolute atomic E-state index is 0.172. The Kier molecular flexibility index (Phi) is 6.45. The van der Waals surface area contributed by atoms with Gasteiger partial charge < -0.3 is 9.64 Å². The molecule has 4 nitrogen and oxygen atoms in total. The summed E-state index contributed by atoms with van der Waals surface area (Å²) in [7, 11) is 1.32. The van der Waals surface area contributed by atoms with Crippen LogP contribution in [0, 0.1) is 6.92 Å². The number of aryl methyl sites for hydroxylation is 1. The zero-order valence-electron chi connectivity index (χ0n) is 17.0. The number of hydrogen-bond donors (Lipinski definition) is 0. The number of benzene rings is 3. The predicted molar refractivity (Wildman–Crippen MR) is 114 cm³/mol. The number of carbonyl (C=O) groups is 2. The summed E-state index contributed by atoms with van der Waals surface area (Å²) in [6.45, 7) is 4.48. The minimum atomic E-state index is -0.517. The van der Waals surface area contributed by atoms with Crippen molar-refractivity contribution in [3.8, 4) is 0 Å². The van der Waals surface area contributed by atoms with Crippen LogP contribution in [0.4, 0.5) is 0 Å². The van der Waals surface area contributed by atoms with Crippen LogP contribution in [-0.4, -0.2) is 23.9 Å². The van der Waals surface area contributed by atoms with Crippen LogP contribution in [0.3, 0.4) is 0 Å². The molecule has 1 amide bonds. The molecule has 0 radical (unpaired) electrons. The Morgan fingerprint density at radius 1 is 0.862 bits per heavy atom. The molecule has 0 saturated carbocycles. The molecule has 0 fully saturated rings. The van der Waals surface area contributed by atoms with Crippen LogP contribution in [-0.2, 0) is 11.3 Å². The van der Waals surface area contributed by atoms with E-state index in [1.807, 2.05) is 68.4 Å². The number of esters is 1. The van der Waals surface area contributed by atoms with Gasteiger partial charge in [-0.1, -0.05) is 66.7 Å². The fourth-order valence-electron chi connectivity index (χ4n) is 3.38. The molecule has 3 aromatic carbocycles. The lowest BCUT2D eigenvalue weighted by Crippen LogP contribution is -2.34. The highest BCUT2D eigenvalue weighted by atomic mass is 16.5. The van der Waals surface area contributed by atoms with Gasteiger partial charge >= 0.3 is 5.97 Å². The fraction of sp³-hybridized carbons (Fsp3) is 0.200. The molecule has 0 aromatic heterocycles. The third-order valence-corrected chi connectivity index (χ3v) is 5.18. The smallest absolute Gasteiger partial charge is 0.338 e. The summed E-state index contributed by atoms with van der Waals surface area (Å²) < 4.78 is 4.88. The molecule has 3 aromatic rings. The van der Waals surface area contributed by atoms with E-state index in [9.17, 15) is 9.59 Å². The van der Waals surface area contributed by atoms with E-state index in [4.69, 9.17) is 4.74 Å². The van der Waals surface area contributed by atoms with Crippen LogP contribution >= 0.6 is 0 Å². The molecule has 3 rings (SSSR count). The third-order valence-electron chi connectivity index (χ3n) is 5.18. The van der Waals surface area contributed by atoms with Gasteiger partial charge in [-0.3, -0.25) is 4.79 Å². The number of nitrogens with zero attached hydrogens (tertiary/aromatic N) is 1. The first-order valence-corrected chi connectivity index (χ1v) is 9.60. The van der Waals surface area contributed by atoms with E-state index < -0.39 is 5.97 Å². The lowest BCUT2D eigenvalue weighted by atomic mass is 10.0. The average Bonchev–Trinajstić information content (AvgIpc) is 2.77. The van der Waals surface area contributed by atoms with Crippen LogP contribution in [0.1, 0.15) is 50.4 Å². The van der Waals surface area contributed by atoms with Gasteiger partial charge in [0.05, 0.1) is 24.3 Å². The van der Waals surface area contributed by atoms with Crippen LogP contribution in [0.25, 0.3) is 0 Å². The van der Waals surface area contributed by atoms with E-state index in [2.05, 4.69) is 0 Å². The highest BCUT2D eigenvalue weighted by Crippen LogP contribution is 2.26. The molecule has 0 heterocycles. The van der Waals surface area contributed by atoms with Crippen molar-refractivity contribution in [3.63, 3.8) is 0 Å². The summed E-state index contributed by atoms with van der Waals surface area (Å²) in [6, 6.07) is 24.5. The van der Waals surface area contributed by atoms with Crippen LogP contribution in [0.5, 0.6) is 0 Å². The van der Waals surface area contributed by atoms with Crippen LogP contribution < -0.4 is 0 Å². The minimum Gasteiger partial charge on any atom is -0.465 e. The predicted octanol–water partition coefficient (Wildman–Crippen LogP) is 5.19. The van der Waals surface area contributed by atoms with Crippen LogP contribution in [0.15, 0.2) is 78.9 Å². The maximum Gasteiger partial charge on any atom is 0.338 e. The molecule has 0 aliphatic heterocycles. The topological polar surface area (TPSA) is 46.6 Å². The van der Waals surface area contributed by atoms with Crippen molar-refractivity contribution < 1.29 is 14.3 Å². The Labute approximate surface area is 171 Å². The van der Waals surface area contributed by atoms with Crippen LogP contribution in [0.2, 0.25) is 0 Å². The van der Waals surface area contributed by atoms with E-state index in [0.29, 0.717) is 12.1 Å². The summed E-state index contributed by atoms with van der Waals surface area (Å²) in [5.41, 5.74) is 3.83. The van der Waals surface area contributed by atoms with Gasteiger partial charge in [0.25, 0.3) is 5.91 Å².